The van der Waals surface area contributed by atoms with Gasteiger partial charge in [-0.1, -0.05) is 26.0 Å². The highest BCUT2D eigenvalue weighted by molar-refractivity contribution is 5.94. The zero-order chi connectivity index (χ0) is 15.2. The zero-order valence-electron chi connectivity index (χ0n) is 12.8. The Bertz CT molecular complexity index is 508. The number of amides is 2. The molecule has 1 aromatic carbocycles. The van der Waals surface area contributed by atoms with E-state index in [-0.39, 0.29) is 11.8 Å². The maximum Gasteiger partial charge on any atom is 0.224 e. The molecule has 0 aromatic heterocycles. The van der Waals surface area contributed by atoms with Gasteiger partial charge in [-0.3, -0.25) is 9.59 Å². The SMILES string of the molecule is CCC(=O)Nc1ccccc1N1CCN(C(=O)CC)CC1. The summed E-state index contributed by atoms with van der Waals surface area (Å²) in [5, 5.41) is 2.94. The van der Waals surface area contributed by atoms with E-state index in [0.717, 1.165) is 37.6 Å². The lowest BCUT2D eigenvalue weighted by Gasteiger charge is -2.36. The lowest BCUT2D eigenvalue weighted by atomic mass is 10.2. The van der Waals surface area contributed by atoms with E-state index in [2.05, 4.69) is 10.2 Å². The first-order chi connectivity index (χ1) is 10.2. The standard InChI is InChI=1S/C16H23N3O2/c1-3-15(20)17-13-7-5-6-8-14(13)18-9-11-19(12-10-18)16(21)4-2/h5-8H,3-4,9-12H2,1-2H3,(H,17,20). The third-order valence-corrected chi connectivity index (χ3v) is 3.77. The second kappa shape index (κ2) is 7.11. The first-order valence-corrected chi connectivity index (χ1v) is 7.57. The topological polar surface area (TPSA) is 52.7 Å². The lowest BCUT2D eigenvalue weighted by Crippen LogP contribution is -2.48. The van der Waals surface area contributed by atoms with Crippen LogP contribution in [-0.2, 0) is 9.59 Å². The van der Waals surface area contributed by atoms with Gasteiger partial charge in [-0.2, -0.15) is 0 Å². The van der Waals surface area contributed by atoms with Crippen molar-refractivity contribution in [1.82, 2.24) is 4.90 Å². The molecule has 1 aliphatic heterocycles. The Morgan fingerprint density at radius 2 is 1.71 bits per heavy atom. The second-order valence-electron chi connectivity index (χ2n) is 5.14. The van der Waals surface area contributed by atoms with Crippen LogP contribution in [0.5, 0.6) is 0 Å². The Morgan fingerprint density at radius 3 is 2.33 bits per heavy atom. The maximum absolute atomic E-state index is 11.7. The Morgan fingerprint density at radius 1 is 1.05 bits per heavy atom. The average molecular weight is 289 g/mol. The van der Waals surface area contributed by atoms with Crippen LogP contribution in [0.15, 0.2) is 24.3 Å². The molecule has 0 radical (unpaired) electrons. The summed E-state index contributed by atoms with van der Waals surface area (Å²) in [7, 11) is 0. The molecule has 0 saturated carbocycles. The fourth-order valence-corrected chi connectivity index (χ4v) is 2.51. The van der Waals surface area contributed by atoms with Crippen LogP contribution in [0.2, 0.25) is 0 Å². The maximum atomic E-state index is 11.7. The van der Waals surface area contributed by atoms with Crippen molar-refractivity contribution in [3.05, 3.63) is 24.3 Å². The van der Waals surface area contributed by atoms with E-state index < -0.39 is 0 Å². The number of nitrogens with one attached hydrogen (secondary N) is 1. The molecule has 1 N–H and O–H groups in total. The fourth-order valence-electron chi connectivity index (χ4n) is 2.51. The summed E-state index contributed by atoms with van der Waals surface area (Å²) in [5.74, 6) is 0.226. The largest absolute Gasteiger partial charge is 0.366 e. The Hall–Kier alpha value is -2.04. The van der Waals surface area contributed by atoms with Gasteiger partial charge in [0.15, 0.2) is 0 Å². The van der Waals surface area contributed by atoms with E-state index in [1.54, 1.807) is 0 Å². The number of nitrogens with zero attached hydrogens (tertiary/aromatic N) is 2. The number of rotatable bonds is 4. The van der Waals surface area contributed by atoms with Gasteiger partial charge < -0.3 is 15.1 Å². The highest BCUT2D eigenvalue weighted by Gasteiger charge is 2.21. The van der Waals surface area contributed by atoms with Crippen molar-refractivity contribution in [2.75, 3.05) is 36.4 Å². The summed E-state index contributed by atoms with van der Waals surface area (Å²) < 4.78 is 0. The monoisotopic (exact) mass is 289 g/mol. The number of hydrogen-bond donors (Lipinski definition) is 1. The second-order valence-corrected chi connectivity index (χ2v) is 5.14. The minimum absolute atomic E-state index is 0.0160. The van der Waals surface area contributed by atoms with Crippen molar-refractivity contribution in [2.45, 2.75) is 26.7 Å². The van der Waals surface area contributed by atoms with Gasteiger partial charge in [-0.25, -0.2) is 0 Å². The molecule has 114 valence electrons. The summed E-state index contributed by atoms with van der Waals surface area (Å²) >= 11 is 0. The molecule has 0 unspecified atom stereocenters. The molecule has 5 heteroatoms. The highest BCUT2D eigenvalue weighted by atomic mass is 16.2. The molecule has 1 aromatic rings. The lowest BCUT2D eigenvalue weighted by molar-refractivity contribution is -0.131. The zero-order valence-corrected chi connectivity index (χ0v) is 12.8. The van der Waals surface area contributed by atoms with Gasteiger partial charge in [0, 0.05) is 39.0 Å². The Kier molecular flexibility index (Phi) is 5.20. The Balaban J connectivity index is 2.06. The minimum atomic E-state index is 0.0160. The van der Waals surface area contributed by atoms with Crippen LogP contribution in [0.1, 0.15) is 26.7 Å². The minimum Gasteiger partial charge on any atom is -0.366 e. The van der Waals surface area contributed by atoms with Crippen LogP contribution in [0.25, 0.3) is 0 Å². The first kappa shape index (κ1) is 15.4. The van der Waals surface area contributed by atoms with Crippen LogP contribution < -0.4 is 10.2 Å². The van der Waals surface area contributed by atoms with Crippen molar-refractivity contribution >= 4 is 23.2 Å². The van der Waals surface area contributed by atoms with Crippen molar-refractivity contribution in [2.24, 2.45) is 0 Å². The number of anilines is 2. The molecule has 1 aliphatic rings. The number of carbonyl (C=O) groups excluding carboxylic acids is 2. The number of hydrogen-bond acceptors (Lipinski definition) is 3. The van der Waals surface area contributed by atoms with E-state index >= 15 is 0 Å². The van der Waals surface area contributed by atoms with Crippen LogP contribution in [0.4, 0.5) is 11.4 Å². The third-order valence-electron chi connectivity index (χ3n) is 3.77. The van der Waals surface area contributed by atoms with Crippen LogP contribution in [-0.4, -0.2) is 42.9 Å². The average Bonchev–Trinajstić information content (AvgIpc) is 2.54. The Labute approximate surface area is 125 Å². The smallest absolute Gasteiger partial charge is 0.224 e. The number of benzene rings is 1. The first-order valence-electron chi connectivity index (χ1n) is 7.57. The molecular weight excluding hydrogens is 266 g/mol. The molecule has 2 amide bonds. The molecule has 0 atom stereocenters. The van der Waals surface area contributed by atoms with Crippen LogP contribution in [0, 0.1) is 0 Å². The molecule has 1 fully saturated rings. The summed E-state index contributed by atoms with van der Waals surface area (Å²) in [6.07, 6.45) is 1.02. The summed E-state index contributed by atoms with van der Waals surface area (Å²) in [6.45, 7) is 6.80. The van der Waals surface area contributed by atoms with Crippen LogP contribution in [0.3, 0.4) is 0 Å². The van der Waals surface area contributed by atoms with Crippen molar-refractivity contribution in [3.63, 3.8) is 0 Å². The number of carbonyl (C=O) groups is 2. The van der Waals surface area contributed by atoms with E-state index in [1.807, 2.05) is 43.0 Å². The predicted octanol–water partition coefficient (Wildman–Crippen LogP) is 2.09. The highest BCUT2D eigenvalue weighted by Crippen LogP contribution is 2.26. The van der Waals surface area contributed by atoms with Gasteiger partial charge in [-0.15, -0.1) is 0 Å². The van der Waals surface area contributed by atoms with Gasteiger partial charge in [-0.05, 0) is 12.1 Å². The molecule has 21 heavy (non-hydrogen) atoms. The van der Waals surface area contributed by atoms with Crippen LogP contribution >= 0.6 is 0 Å². The molecule has 0 spiro atoms. The molecule has 1 saturated heterocycles. The van der Waals surface area contributed by atoms with E-state index in [9.17, 15) is 9.59 Å². The van der Waals surface area contributed by atoms with Crippen molar-refractivity contribution < 1.29 is 9.59 Å². The van der Waals surface area contributed by atoms with Gasteiger partial charge in [0.05, 0.1) is 11.4 Å². The summed E-state index contributed by atoms with van der Waals surface area (Å²) in [4.78, 5) is 27.5. The van der Waals surface area contributed by atoms with E-state index in [0.29, 0.717) is 12.8 Å². The van der Waals surface area contributed by atoms with Gasteiger partial charge >= 0.3 is 0 Å². The molecule has 2 rings (SSSR count). The molecule has 1 heterocycles. The molecule has 0 aliphatic carbocycles. The van der Waals surface area contributed by atoms with Gasteiger partial charge in [0.2, 0.25) is 11.8 Å². The van der Waals surface area contributed by atoms with Crippen molar-refractivity contribution in [3.8, 4) is 0 Å². The molecule has 5 nitrogen and oxygen atoms in total. The summed E-state index contributed by atoms with van der Waals surface area (Å²) in [6, 6.07) is 7.83. The number of piperazine rings is 1. The van der Waals surface area contributed by atoms with E-state index in [1.165, 1.54) is 0 Å². The molecular formula is C16H23N3O2. The van der Waals surface area contributed by atoms with E-state index in [4.69, 9.17) is 0 Å². The number of para-hydroxylation sites is 2. The third kappa shape index (κ3) is 3.74. The molecule has 0 bridgehead atoms. The van der Waals surface area contributed by atoms with Crippen molar-refractivity contribution in [1.29, 1.82) is 0 Å². The predicted molar refractivity (Wildman–Crippen MR) is 84.4 cm³/mol. The fraction of sp³-hybridized carbons (Fsp3) is 0.500. The van der Waals surface area contributed by atoms with Gasteiger partial charge in [0.1, 0.15) is 0 Å². The normalized spacial score (nSPS) is 15.0. The quantitative estimate of drug-likeness (QED) is 0.923. The van der Waals surface area contributed by atoms with Gasteiger partial charge in [0.25, 0.3) is 0 Å². The summed E-state index contributed by atoms with van der Waals surface area (Å²) in [5.41, 5.74) is 1.88.